The molecule has 0 aliphatic heterocycles. The molecule has 3 nitrogen and oxygen atoms in total. The molecule has 0 aromatic heterocycles. The van der Waals surface area contributed by atoms with Crippen LogP contribution in [0, 0.1) is 0 Å². The van der Waals surface area contributed by atoms with Crippen LogP contribution in [0.1, 0.15) is 26.7 Å². The van der Waals surface area contributed by atoms with Crippen molar-refractivity contribution >= 4 is 5.97 Å². The highest BCUT2D eigenvalue weighted by Crippen LogP contribution is 1.99. The van der Waals surface area contributed by atoms with Crippen LogP contribution in [-0.4, -0.2) is 25.3 Å². The molecule has 0 heterocycles. The van der Waals surface area contributed by atoms with Crippen LogP contribution >= 0.6 is 0 Å². The summed E-state index contributed by atoms with van der Waals surface area (Å²) in [5, 5.41) is 0. The first-order chi connectivity index (χ1) is 6.57. The first-order valence-corrected chi connectivity index (χ1v) is 4.71. The molecule has 1 unspecified atom stereocenters. The third kappa shape index (κ3) is 6.60. The molecule has 82 valence electrons. The fraction of sp³-hybridized carbons (Fsp3) is 0.700. The lowest BCUT2D eigenvalue weighted by molar-refractivity contribution is -0.144. The molecule has 0 radical (unpaired) electrons. The Balaban J connectivity index is 3.48. The summed E-state index contributed by atoms with van der Waals surface area (Å²) in [4.78, 5) is 10.6. The van der Waals surface area contributed by atoms with Crippen molar-refractivity contribution in [3.8, 4) is 0 Å². The van der Waals surface area contributed by atoms with Crippen LogP contribution in [-0.2, 0) is 14.3 Å². The molecule has 0 aromatic carbocycles. The standard InChI is InChI=1S/C10H17FO3/c1-4-5-6-13-8(2)7-14-10(12)9(3)11/h8H,3-7H2,1-2H3. The Bertz CT molecular complexity index is 192. The van der Waals surface area contributed by atoms with Gasteiger partial charge in [0.05, 0.1) is 6.10 Å². The molecule has 14 heavy (non-hydrogen) atoms. The molecular weight excluding hydrogens is 187 g/mol. The highest BCUT2D eigenvalue weighted by Gasteiger charge is 2.09. The summed E-state index contributed by atoms with van der Waals surface area (Å²) in [6, 6.07) is 0. The largest absolute Gasteiger partial charge is 0.458 e. The third-order valence-electron chi connectivity index (χ3n) is 1.57. The second kappa shape index (κ2) is 7.50. The minimum absolute atomic E-state index is 0.0610. The van der Waals surface area contributed by atoms with Crippen molar-refractivity contribution < 1.29 is 18.7 Å². The van der Waals surface area contributed by atoms with E-state index in [9.17, 15) is 9.18 Å². The smallest absolute Gasteiger partial charge is 0.366 e. The minimum atomic E-state index is -1.08. The van der Waals surface area contributed by atoms with E-state index < -0.39 is 11.8 Å². The fourth-order valence-corrected chi connectivity index (χ4v) is 0.748. The van der Waals surface area contributed by atoms with Crippen molar-refractivity contribution in [2.45, 2.75) is 32.8 Å². The highest BCUT2D eigenvalue weighted by atomic mass is 19.1. The number of rotatable bonds is 7. The number of unbranched alkanes of at least 4 members (excludes halogenated alkanes) is 1. The van der Waals surface area contributed by atoms with Crippen LogP contribution in [0.5, 0.6) is 0 Å². The zero-order valence-electron chi connectivity index (χ0n) is 8.72. The van der Waals surface area contributed by atoms with Crippen LogP contribution in [0.4, 0.5) is 4.39 Å². The second-order valence-corrected chi connectivity index (χ2v) is 3.04. The van der Waals surface area contributed by atoms with E-state index in [4.69, 9.17) is 4.74 Å². The minimum Gasteiger partial charge on any atom is -0.458 e. The van der Waals surface area contributed by atoms with Crippen LogP contribution in [0.15, 0.2) is 12.4 Å². The molecule has 0 fully saturated rings. The van der Waals surface area contributed by atoms with Gasteiger partial charge in [-0.25, -0.2) is 4.79 Å². The molecule has 0 amide bonds. The summed E-state index contributed by atoms with van der Waals surface area (Å²) < 4.78 is 22.0. The van der Waals surface area contributed by atoms with Crippen molar-refractivity contribution in [3.63, 3.8) is 0 Å². The number of hydrogen-bond donors (Lipinski definition) is 0. The molecule has 0 spiro atoms. The maximum Gasteiger partial charge on any atom is 0.366 e. The lowest BCUT2D eigenvalue weighted by Crippen LogP contribution is -2.19. The van der Waals surface area contributed by atoms with Crippen LogP contribution < -0.4 is 0 Å². The third-order valence-corrected chi connectivity index (χ3v) is 1.57. The predicted octanol–water partition coefficient (Wildman–Crippen LogP) is 2.22. The first-order valence-electron chi connectivity index (χ1n) is 4.71. The normalized spacial score (nSPS) is 12.2. The number of ether oxygens (including phenoxy) is 2. The summed E-state index contributed by atoms with van der Waals surface area (Å²) in [6.45, 7) is 7.34. The number of hydrogen-bond acceptors (Lipinski definition) is 3. The summed E-state index contributed by atoms with van der Waals surface area (Å²) in [6.07, 6.45) is 1.81. The van der Waals surface area contributed by atoms with E-state index in [0.717, 1.165) is 12.8 Å². The lowest BCUT2D eigenvalue weighted by Gasteiger charge is -2.12. The van der Waals surface area contributed by atoms with E-state index in [2.05, 4.69) is 18.2 Å². The molecular formula is C10H17FO3. The van der Waals surface area contributed by atoms with Gasteiger partial charge in [-0.15, -0.1) is 0 Å². The molecule has 0 aromatic rings. The highest BCUT2D eigenvalue weighted by molar-refractivity contribution is 5.85. The van der Waals surface area contributed by atoms with Gasteiger partial charge in [0.1, 0.15) is 6.61 Å². The van der Waals surface area contributed by atoms with Crippen molar-refractivity contribution in [1.82, 2.24) is 0 Å². The van der Waals surface area contributed by atoms with E-state index in [-0.39, 0.29) is 12.7 Å². The average Bonchev–Trinajstić information content (AvgIpc) is 2.14. The molecule has 4 heteroatoms. The second-order valence-electron chi connectivity index (χ2n) is 3.04. The number of carbonyl (C=O) groups excluding carboxylic acids is 1. The summed E-state index contributed by atoms with van der Waals surface area (Å²) in [7, 11) is 0. The Morgan fingerprint density at radius 1 is 1.57 bits per heavy atom. The van der Waals surface area contributed by atoms with Gasteiger partial charge in [-0.1, -0.05) is 19.9 Å². The van der Waals surface area contributed by atoms with E-state index >= 15 is 0 Å². The van der Waals surface area contributed by atoms with Crippen LogP contribution in [0.2, 0.25) is 0 Å². The van der Waals surface area contributed by atoms with Gasteiger partial charge in [0.2, 0.25) is 5.83 Å². The molecule has 0 N–H and O–H groups in total. The van der Waals surface area contributed by atoms with Crippen molar-refractivity contribution in [3.05, 3.63) is 12.4 Å². The summed E-state index contributed by atoms with van der Waals surface area (Å²) in [5.74, 6) is -2.10. The molecule has 0 aliphatic carbocycles. The van der Waals surface area contributed by atoms with E-state index in [1.54, 1.807) is 6.92 Å². The Kier molecular flexibility index (Phi) is 7.02. The van der Waals surface area contributed by atoms with Gasteiger partial charge in [-0.05, 0) is 13.3 Å². The Morgan fingerprint density at radius 3 is 2.71 bits per heavy atom. The quantitative estimate of drug-likeness (QED) is 0.362. The number of carbonyl (C=O) groups is 1. The molecule has 0 aliphatic rings. The van der Waals surface area contributed by atoms with Gasteiger partial charge in [-0.3, -0.25) is 0 Å². The van der Waals surface area contributed by atoms with E-state index in [0.29, 0.717) is 6.61 Å². The molecule has 1 atom stereocenters. The fourth-order valence-electron chi connectivity index (χ4n) is 0.748. The SMILES string of the molecule is C=C(F)C(=O)OCC(C)OCCCC. The Labute approximate surface area is 83.9 Å². The lowest BCUT2D eigenvalue weighted by atomic mass is 10.3. The van der Waals surface area contributed by atoms with Crippen LogP contribution in [0.25, 0.3) is 0 Å². The summed E-state index contributed by atoms with van der Waals surface area (Å²) >= 11 is 0. The Hall–Kier alpha value is -0.900. The van der Waals surface area contributed by atoms with Crippen molar-refractivity contribution in [2.24, 2.45) is 0 Å². The molecule has 0 rings (SSSR count). The number of esters is 1. The number of halogens is 1. The Morgan fingerprint density at radius 2 is 2.21 bits per heavy atom. The van der Waals surface area contributed by atoms with Gasteiger partial charge >= 0.3 is 5.97 Å². The van der Waals surface area contributed by atoms with E-state index in [1.807, 2.05) is 0 Å². The topological polar surface area (TPSA) is 35.5 Å². The monoisotopic (exact) mass is 204 g/mol. The molecule has 0 saturated heterocycles. The molecule has 0 saturated carbocycles. The maximum atomic E-state index is 12.1. The zero-order valence-corrected chi connectivity index (χ0v) is 8.72. The maximum absolute atomic E-state index is 12.1. The van der Waals surface area contributed by atoms with Gasteiger partial charge in [-0.2, -0.15) is 4.39 Å². The van der Waals surface area contributed by atoms with E-state index in [1.165, 1.54) is 0 Å². The van der Waals surface area contributed by atoms with Gasteiger partial charge in [0.15, 0.2) is 0 Å². The predicted molar refractivity (Wildman–Crippen MR) is 51.5 cm³/mol. The van der Waals surface area contributed by atoms with Gasteiger partial charge < -0.3 is 9.47 Å². The first kappa shape index (κ1) is 13.1. The van der Waals surface area contributed by atoms with Gasteiger partial charge in [0, 0.05) is 6.61 Å². The van der Waals surface area contributed by atoms with Crippen molar-refractivity contribution in [1.29, 1.82) is 0 Å². The summed E-state index contributed by atoms with van der Waals surface area (Å²) in [5.41, 5.74) is 0. The zero-order chi connectivity index (χ0) is 11.0. The molecule has 0 bridgehead atoms. The van der Waals surface area contributed by atoms with Gasteiger partial charge in [0.25, 0.3) is 0 Å². The van der Waals surface area contributed by atoms with Crippen LogP contribution in [0.3, 0.4) is 0 Å². The average molecular weight is 204 g/mol. The van der Waals surface area contributed by atoms with Crippen molar-refractivity contribution in [2.75, 3.05) is 13.2 Å².